The molecule has 0 bridgehead atoms. The Labute approximate surface area is 83.4 Å². The summed E-state index contributed by atoms with van der Waals surface area (Å²) >= 11 is 0. The quantitative estimate of drug-likeness (QED) is 0.743. The van der Waals surface area contributed by atoms with E-state index in [1.165, 1.54) is 0 Å². The highest BCUT2D eigenvalue weighted by Gasteiger charge is 1.98. The van der Waals surface area contributed by atoms with Crippen LogP contribution in [0.1, 0.15) is 5.69 Å². The molecule has 0 unspecified atom stereocenters. The van der Waals surface area contributed by atoms with Crippen molar-refractivity contribution >= 4 is 12.4 Å². The number of benzene rings is 1. The van der Waals surface area contributed by atoms with E-state index in [1.54, 1.807) is 0 Å². The van der Waals surface area contributed by atoms with E-state index in [2.05, 4.69) is 9.97 Å². The van der Waals surface area contributed by atoms with Gasteiger partial charge in [0.05, 0.1) is 0 Å². The second-order valence-corrected chi connectivity index (χ2v) is 2.78. The second kappa shape index (κ2) is 4.10. The number of H-pyrrole nitrogens is 1. The molecule has 2 rings (SSSR count). The average molecular weight is 195 g/mol. The molecule has 1 heterocycles. The van der Waals surface area contributed by atoms with Gasteiger partial charge in [-0.05, 0) is 6.92 Å². The molecule has 0 spiro atoms. The van der Waals surface area contributed by atoms with Gasteiger partial charge in [0.2, 0.25) is 0 Å². The Balaban J connectivity index is 0.000000845. The van der Waals surface area contributed by atoms with Crippen molar-refractivity contribution in [3.8, 4) is 11.4 Å². The van der Waals surface area contributed by atoms with Gasteiger partial charge in [-0.25, -0.2) is 4.98 Å². The molecule has 3 heteroatoms. The summed E-state index contributed by atoms with van der Waals surface area (Å²) in [6.07, 6.45) is 1.84. The number of halogens is 1. The van der Waals surface area contributed by atoms with Gasteiger partial charge < -0.3 is 4.98 Å². The van der Waals surface area contributed by atoms with Gasteiger partial charge >= 0.3 is 0 Å². The second-order valence-electron chi connectivity index (χ2n) is 2.78. The van der Waals surface area contributed by atoms with Crippen molar-refractivity contribution in [3.63, 3.8) is 0 Å². The molecule has 0 aliphatic carbocycles. The summed E-state index contributed by atoms with van der Waals surface area (Å²) in [6, 6.07) is 10.1. The molecular weight excluding hydrogens is 184 g/mol. The lowest BCUT2D eigenvalue weighted by Gasteiger charge is -1.93. The predicted octanol–water partition coefficient (Wildman–Crippen LogP) is 2.81. The first-order valence-electron chi connectivity index (χ1n) is 3.93. The van der Waals surface area contributed by atoms with Crippen molar-refractivity contribution in [2.75, 3.05) is 0 Å². The molecule has 0 radical (unpaired) electrons. The molecule has 13 heavy (non-hydrogen) atoms. The van der Waals surface area contributed by atoms with Crippen LogP contribution < -0.4 is 0 Å². The minimum atomic E-state index is 0. The number of aromatic nitrogens is 2. The average Bonchev–Trinajstić information content (AvgIpc) is 2.54. The molecule has 1 aromatic heterocycles. The number of aromatic amines is 1. The van der Waals surface area contributed by atoms with E-state index < -0.39 is 0 Å². The Morgan fingerprint density at radius 2 is 1.85 bits per heavy atom. The lowest BCUT2D eigenvalue weighted by atomic mass is 10.2. The highest BCUT2D eigenvalue weighted by atomic mass is 35.5. The van der Waals surface area contributed by atoms with Gasteiger partial charge in [0, 0.05) is 17.5 Å². The molecule has 1 N–H and O–H groups in total. The lowest BCUT2D eigenvalue weighted by molar-refractivity contribution is 1.26. The van der Waals surface area contributed by atoms with Crippen molar-refractivity contribution in [2.45, 2.75) is 6.92 Å². The van der Waals surface area contributed by atoms with Crippen molar-refractivity contribution in [2.24, 2.45) is 0 Å². The Bertz CT molecular complexity index is 367. The van der Waals surface area contributed by atoms with E-state index in [0.717, 1.165) is 17.1 Å². The molecule has 68 valence electrons. The van der Waals surface area contributed by atoms with Crippen LogP contribution in [0.3, 0.4) is 0 Å². The molecule has 0 saturated heterocycles. The zero-order valence-corrected chi connectivity index (χ0v) is 8.14. The largest absolute Gasteiger partial charge is 0.342 e. The first-order chi connectivity index (χ1) is 5.86. The van der Waals surface area contributed by atoms with Gasteiger partial charge in [0.1, 0.15) is 5.82 Å². The summed E-state index contributed by atoms with van der Waals surface area (Å²) < 4.78 is 0. The van der Waals surface area contributed by atoms with Gasteiger partial charge in [0.15, 0.2) is 0 Å². The van der Waals surface area contributed by atoms with Crippen molar-refractivity contribution in [1.29, 1.82) is 0 Å². The van der Waals surface area contributed by atoms with Crippen LogP contribution in [0.25, 0.3) is 11.4 Å². The first kappa shape index (κ1) is 9.81. The molecule has 0 amide bonds. The zero-order chi connectivity index (χ0) is 8.39. The molecule has 2 nitrogen and oxygen atoms in total. The van der Waals surface area contributed by atoms with Gasteiger partial charge in [-0.1, -0.05) is 30.3 Å². The summed E-state index contributed by atoms with van der Waals surface area (Å²) in [7, 11) is 0. The Kier molecular flexibility index (Phi) is 3.09. The molecule has 2 aromatic rings. The fourth-order valence-corrected chi connectivity index (χ4v) is 1.16. The third-order valence-corrected chi connectivity index (χ3v) is 1.75. The van der Waals surface area contributed by atoms with Gasteiger partial charge in [-0.15, -0.1) is 12.4 Å². The first-order valence-corrected chi connectivity index (χ1v) is 3.93. The Morgan fingerprint density at radius 3 is 2.38 bits per heavy atom. The minimum absolute atomic E-state index is 0. The van der Waals surface area contributed by atoms with E-state index >= 15 is 0 Å². The van der Waals surface area contributed by atoms with Crippen LogP contribution in [0.2, 0.25) is 0 Å². The Morgan fingerprint density at radius 1 is 1.15 bits per heavy atom. The van der Waals surface area contributed by atoms with Crippen LogP contribution in [-0.2, 0) is 0 Å². The third kappa shape index (κ3) is 2.10. The smallest absolute Gasteiger partial charge is 0.137 e. The monoisotopic (exact) mass is 194 g/mol. The number of hydrogen-bond acceptors (Lipinski definition) is 1. The normalized spacial score (nSPS) is 9.31. The van der Waals surface area contributed by atoms with Crippen LogP contribution in [0.4, 0.5) is 0 Å². The van der Waals surface area contributed by atoms with Crippen LogP contribution in [-0.4, -0.2) is 9.97 Å². The molecule has 0 saturated carbocycles. The highest BCUT2D eigenvalue weighted by Crippen LogP contribution is 2.13. The Hall–Kier alpha value is -1.28. The zero-order valence-electron chi connectivity index (χ0n) is 7.32. The van der Waals surface area contributed by atoms with Crippen molar-refractivity contribution in [3.05, 3.63) is 42.2 Å². The van der Waals surface area contributed by atoms with E-state index in [-0.39, 0.29) is 12.4 Å². The number of hydrogen-bond donors (Lipinski definition) is 1. The summed E-state index contributed by atoms with van der Waals surface area (Å²) in [4.78, 5) is 7.41. The molecule has 1 aromatic carbocycles. The standard InChI is InChI=1S/C10H10N2.ClH/c1-8-7-11-10(12-8)9-5-3-2-4-6-9;/h2-7H,1H3,(H,11,12);1H. The van der Waals surface area contributed by atoms with E-state index in [1.807, 2.05) is 43.5 Å². The van der Waals surface area contributed by atoms with Crippen LogP contribution in [0.15, 0.2) is 36.5 Å². The number of aryl methyl sites for hydroxylation is 1. The number of nitrogens with one attached hydrogen (secondary N) is 1. The van der Waals surface area contributed by atoms with E-state index in [0.29, 0.717) is 0 Å². The summed E-state index contributed by atoms with van der Waals surface area (Å²) in [5.74, 6) is 0.938. The summed E-state index contributed by atoms with van der Waals surface area (Å²) in [5.41, 5.74) is 2.22. The molecule has 0 aliphatic rings. The number of rotatable bonds is 1. The van der Waals surface area contributed by atoms with Gasteiger partial charge in [-0.3, -0.25) is 0 Å². The molecular formula is C10H11ClN2. The van der Waals surface area contributed by atoms with Crippen LogP contribution in [0.5, 0.6) is 0 Å². The molecule has 0 aliphatic heterocycles. The van der Waals surface area contributed by atoms with E-state index in [9.17, 15) is 0 Å². The van der Waals surface area contributed by atoms with Crippen molar-refractivity contribution in [1.82, 2.24) is 9.97 Å². The van der Waals surface area contributed by atoms with Gasteiger partial charge in [-0.2, -0.15) is 0 Å². The van der Waals surface area contributed by atoms with Crippen LogP contribution in [0, 0.1) is 6.92 Å². The maximum absolute atomic E-state index is 4.23. The minimum Gasteiger partial charge on any atom is -0.342 e. The van der Waals surface area contributed by atoms with Gasteiger partial charge in [0.25, 0.3) is 0 Å². The predicted molar refractivity (Wildman–Crippen MR) is 56.0 cm³/mol. The summed E-state index contributed by atoms with van der Waals surface area (Å²) in [5, 5.41) is 0. The topological polar surface area (TPSA) is 28.7 Å². The SMILES string of the molecule is Cc1cnc(-c2ccccc2)[nH]1.Cl. The fourth-order valence-electron chi connectivity index (χ4n) is 1.16. The molecule has 0 fully saturated rings. The fraction of sp³-hybridized carbons (Fsp3) is 0.100. The maximum Gasteiger partial charge on any atom is 0.137 e. The number of imidazole rings is 1. The third-order valence-electron chi connectivity index (χ3n) is 1.75. The number of nitrogens with zero attached hydrogens (tertiary/aromatic N) is 1. The maximum atomic E-state index is 4.23. The van der Waals surface area contributed by atoms with Crippen LogP contribution >= 0.6 is 12.4 Å². The molecule has 0 atom stereocenters. The van der Waals surface area contributed by atoms with E-state index in [4.69, 9.17) is 0 Å². The summed E-state index contributed by atoms with van der Waals surface area (Å²) in [6.45, 7) is 2.00. The van der Waals surface area contributed by atoms with Crippen molar-refractivity contribution < 1.29 is 0 Å². The lowest BCUT2D eigenvalue weighted by Crippen LogP contribution is -1.78. The highest BCUT2D eigenvalue weighted by molar-refractivity contribution is 5.85.